The zero-order valence-electron chi connectivity index (χ0n) is 18.2. The van der Waals surface area contributed by atoms with E-state index in [0.29, 0.717) is 34.7 Å². The van der Waals surface area contributed by atoms with Crippen LogP contribution in [0.5, 0.6) is 0 Å². The number of rotatable bonds is 2. The second-order valence-corrected chi connectivity index (χ2v) is 12.0. The first kappa shape index (κ1) is 18.9. The van der Waals surface area contributed by atoms with Crippen molar-refractivity contribution in [3.63, 3.8) is 0 Å². The summed E-state index contributed by atoms with van der Waals surface area (Å²) in [6, 6.07) is 0.812. The average molecular weight is 375 g/mol. The third-order valence-corrected chi connectivity index (χ3v) is 11.8. The summed E-state index contributed by atoms with van der Waals surface area (Å²) in [7, 11) is 2.06. The van der Waals surface area contributed by atoms with Gasteiger partial charge < -0.3 is 16.2 Å². The molecule has 3 nitrogen and oxygen atoms in total. The predicted molar refractivity (Wildman–Crippen MR) is 110 cm³/mol. The largest absolute Gasteiger partial charge is 0.393 e. The standard InChI is InChI=1S/C24H42N2O/c1-14-16-6-7-19-22(4)12-18(27)20(15(2)26-5)21(22,3)10-11-24(19)13-23(16,24)9-8-17(14)25/h14-20,26-27H,6-13,25H2,1-5H3. The summed E-state index contributed by atoms with van der Waals surface area (Å²) in [5.41, 5.74) is 8.24. The SMILES string of the molecule is CNC(C)C1C(O)CC2(C)C3CCC4C(C)C(N)CCC45CC35CCC12C. The Morgan fingerprint density at radius 1 is 1.04 bits per heavy atom. The van der Waals surface area contributed by atoms with Crippen molar-refractivity contribution in [2.45, 2.75) is 97.2 Å². The summed E-state index contributed by atoms with van der Waals surface area (Å²) in [6.07, 6.45) is 10.4. The molecule has 0 amide bonds. The van der Waals surface area contributed by atoms with Crippen LogP contribution in [-0.4, -0.2) is 30.3 Å². The Morgan fingerprint density at radius 3 is 2.48 bits per heavy atom. The Kier molecular flexibility index (Phi) is 3.86. The number of aliphatic hydroxyl groups excluding tert-OH is 1. The minimum atomic E-state index is -0.149. The van der Waals surface area contributed by atoms with Crippen LogP contribution in [0.15, 0.2) is 0 Å². The summed E-state index contributed by atoms with van der Waals surface area (Å²) in [4.78, 5) is 0. The fourth-order valence-corrected chi connectivity index (χ4v) is 10.2. The van der Waals surface area contributed by atoms with Gasteiger partial charge in [0.1, 0.15) is 0 Å². The van der Waals surface area contributed by atoms with E-state index < -0.39 is 0 Å². The van der Waals surface area contributed by atoms with Gasteiger partial charge in [-0.05, 0) is 105 Å². The zero-order valence-corrected chi connectivity index (χ0v) is 18.2. The third kappa shape index (κ3) is 1.96. The molecule has 0 aromatic heterocycles. The van der Waals surface area contributed by atoms with Crippen LogP contribution in [0.25, 0.3) is 0 Å². The molecule has 0 radical (unpaired) electrons. The van der Waals surface area contributed by atoms with Crippen molar-refractivity contribution in [2.75, 3.05) is 7.05 Å². The molecule has 0 aromatic carbocycles. The minimum absolute atomic E-state index is 0.149. The molecule has 5 saturated carbocycles. The first-order valence-electron chi connectivity index (χ1n) is 11.8. The lowest BCUT2D eigenvalue weighted by Gasteiger charge is -2.62. The van der Waals surface area contributed by atoms with Gasteiger partial charge in [-0.25, -0.2) is 0 Å². The highest BCUT2D eigenvalue weighted by Gasteiger charge is 2.81. The lowest BCUT2D eigenvalue weighted by Crippen LogP contribution is -2.57. The minimum Gasteiger partial charge on any atom is -0.393 e. The Hall–Kier alpha value is -0.120. The molecule has 5 aliphatic carbocycles. The van der Waals surface area contributed by atoms with E-state index in [0.717, 1.165) is 18.3 Å². The number of hydrogen-bond acceptors (Lipinski definition) is 3. The molecule has 0 aromatic rings. The molecule has 11 unspecified atom stereocenters. The molecule has 2 spiro atoms. The number of nitrogens with one attached hydrogen (secondary N) is 1. The van der Waals surface area contributed by atoms with Crippen LogP contribution >= 0.6 is 0 Å². The third-order valence-electron chi connectivity index (χ3n) is 11.8. The van der Waals surface area contributed by atoms with Crippen molar-refractivity contribution in [1.29, 1.82) is 0 Å². The van der Waals surface area contributed by atoms with Crippen LogP contribution in [0.4, 0.5) is 0 Å². The van der Waals surface area contributed by atoms with Crippen molar-refractivity contribution in [2.24, 2.45) is 51.1 Å². The van der Waals surface area contributed by atoms with E-state index in [9.17, 15) is 5.11 Å². The Balaban J connectivity index is 1.52. The lowest BCUT2D eigenvalue weighted by atomic mass is 9.43. The molecule has 5 fully saturated rings. The molecule has 27 heavy (non-hydrogen) atoms. The molecule has 0 saturated heterocycles. The van der Waals surface area contributed by atoms with Crippen LogP contribution in [0.2, 0.25) is 0 Å². The van der Waals surface area contributed by atoms with Gasteiger partial charge in [-0.3, -0.25) is 0 Å². The van der Waals surface area contributed by atoms with Crippen LogP contribution in [-0.2, 0) is 0 Å². The molecule has 11 atom stereocenters. The van der Waals surface area contributed by atoms with Crippen molar-refractivity contribution < 1.29 is 5.11 Å². The van der Waals surface area contributed by atoms with E-state index in [-0.39, 0.29) is 16.9 Å². The van der Waals surface area contributed by atoms with E-state index in [1.807, 2.05) is 0 Å². The molecule has 3 heteroatoms. The Labute approximate surface area is 166 Å². The highest BCUT2D eigenvalue weighted by atomic mass is 16.3. The second-order valence-electron chi connectivity index (χ2n) is 12.0. The number of aliphatic hydroxyl groups is 1. The second kappa shape index (κ2) is 5.52. The quantitative estimate of drug-likeness (QED) is 0.686. The molecule has 0 aliphatic heterocycles. The van der Waals surface area contributed by atoms with Gasteiger partial charge in [0.05, 0.1) is 6.10 Å². The molecule has 0 heterocycles. The topological polar surface area (TPSA) is 58.3 Å². The molecule has 5 rings (SSSR count). The molecule has 154 valence electrons. The normalized spacial score (nSPS) is 62.8. The number of fused-ring (bicyclic) bond motifs is 2. The lowest BCUT2D eigenvalue weighted by molar-refractivity contribution is -0.131. The van der Waals surface area contributed by atoms with Crippen LogP contribution in [0, 0.1) is 45.3 Å². The summed E-state index contributed by atoms with van der Waals surface area (Å²) < 4.78 is 0. The van der Waals surface area contributed by atoms with Crippen molar-refractivity contribution in [3.05, 3.63) is 0 Å². The van der Waals surface area contributed by atoms with E-state index in [2.05, 4.69) is 40.1 Å². The fourth-order valence-electron chi connectivity index (χ4n) is 10.2. The maximum atomic E-state index is 11.2. The van der Waals surface area contributed by atoms with E-state index in [1.54, 1.807) is 0 Å². The molecule has 0 bridgehead atoms. The molecule has 4 N–H and O–H groups in total. The van der Waals surface area contributed by atoms with Crippen molar-refractivity contribution >= 4 is 0 Å². The summed E-state index contributed by atoms with van der Waals surface area (Å²) in [5, 5.41) is 14.7. The van der Waals surface area contributed by atoms with Gasteiger partial charge in [-0.15, -0.1) is 0 Å². The van der Waals surface area contributed by atoms with Crippen molar-refractivity contribution in [1.82, 2.24) is 5.32 Å². The summed E-state index contributed by atoms with van der Waals surface area (Å²) >= 11 is 0. The maximum Gasteiger partial charge on any atom is 0.0594 e. The van der Waals surface area contributed by atoms with Gasteiger partial charge in [-0.1, -0.05) is 20.8 Å². The van der Waals surface area contributed by atoms with Gasteiger partial charge in [0.2, 0.25) is 0 Å². The van der Waals surface area contributed by atoms with Crippen molar-refractivity contribution in [3.8, 4) is 0 Å². The van der Waals surface area contributed by atoms with E-state index in [4.69, 9.17) is 5.73 Å². The smallest absolute Gasteiger partial charge is 0.0594 e. The highest BCUT2D eigenvalue weighted by Crippen LogP contribution is 2.87. The van der Waals surface area contributed by atoms with E-state index in [1.165, 1.54) is 44.9 Å². The predicted octanol–water partition coefficient (Wildman–Crippen LogP) is 3.94. The highest BCUT2D eigenvalue weighted by molar-refractivity contribution is 5.30. The summed E-state index contributed by atoms with van der Waals surface area (Å²) in [6.45, 7) is 9.85. The van der Waals surface area contributed by atoms with Gasteiger partial charge in [0.15, 0.2) is 0 Å². The fraction of sp³-hybridized carbons (Fsp3) is 1.00. The number of nitrogens with two attached hydrogens (primary N) is 1. The zero-order chi connectivity index (χ0) is 19.4. The van der Waals surface area contributed by atoms with Gasteiger partial charge in [0.25, 0.3) is 0 Å². The summed E-state index contributed by atoms with van der Waals surface area (Å²) in [5.74, 6) is 2.76. The van der Waals surface area contributed by atoms with E-state index >= 15 is 0 Å². The van der Waals surface area contributed by atoms with Gasteiger partial charge in [0, 0.05) is 18.0 Å². The van der Waals surface area contributed by atoms with Crippen LogP contribution < -0.4 is 11.1 Å². The molecule has 5 aliphatic rings. The molecular formula is C24H42N2O. The van der Waals surface area contributed by atoms with Crippen LogP contribution in [0.3, 0.4) is 0 Å². The average Bonchev–Trinajstić information content (AvgIpc) is 3.24. The Morgan fingerprint density at radius 2 is 1.78 bits per heavy atom. The Bertz CT molecular complexity index is 638. The first-order valence-corrected chi connectivity index (χ1v) is 11.8. The van der Waals surface area contributed by atoms with Gasteiger partial charge >= 0.3 is 0 Å². The monoisotopic (exact) mass is 374 g/mol. The molecular weight excluding hydrogens is 332 g/mol. The van der Waals surface area contributed by atoms with Gasteiger partial charge in [-0.2, -0.15) is 0 Å². The van der Waals surface area contributed by atoms with Crippen LogP contribution in [0.1, 0.15) is 79.1 Å². The first-order chi connectivity index (χ1) is 12.7. The number of hydrogen-bond donors (Lipinski definition) is 3. The maximum absolute atomic E-state index is 11.2.